The van der Waals surface area contributed by atoms with Crippen molar-refractivity contribution >= 4 is 17.5 Å². The molecule has 0 spiro atoms. The molecule has 5 heteroatoms. The van der Waals surface area contributed by atoms with E-state index in [-0.39, 0.29) is 24.3 Å². The van der Waals surface area contributed by atoms with Crippen LogP contribution in [0.15, 0.2) is 54.6 Å². The second kappa shape index (κ2) is 8.78. The minimum atomic E-state index is -0.337. The van der Waals surface area contributed by atoms with E-state index >= 15 is 0 Å². The molecular weight excluding hydrogens is 364 g/mol. The van der Waals surface area contributed by atoms with Crippen LogP contribution in [-0.2, 0) is 16.0 Å². The van der Waals surface area contributed by atoms with Gasteiger partial charge in [0.1, 0.15) is 5.75 Å². The van der Waals surface area contributed by atoms with Crippen molar-refractivity contribution in [1.82, 2.24) is 4.90 Å². The van der Waals surface area contributed by atoms with Crippen LogP contribution in [0.5, 0.6) is 5.75 Å². The summed E-state index contributed by atoms with van der Waals surface area (Å²) in [6, 6.07) is 17.5. The van der Waals surface area contributed by atoms with Gasteiger partial charge in [0.05, 0.1) is 24.8 Å². The van der Waals surface area contributed by atoms with Crippen molar-refractivity contribution in [3.63, 3.8) is 0 Å². The van der Waals surface area contributed by atoms with E-state index in [1.807, 2.05) is 25.1 Å². The van der Waals surface area contributed by atoms with Gasteiger partial charge in [-0.15, -0.1) is 0 Å². The molecule has 2 amide bonds. The topological polar surface area (TPSA) is 49.9 Å². The summed E-state index contributed by atoms with van der Waals surface area (Å²) in [5, 5.41) is 0. The number of imide groups is 1. The van der Waals surface area contributed by atoms with E-state index in [2.05, 4.69) is 29.2 Å². The van der Waals surface area contributed by atoms with Crippen molar-refractivity contribution in [1.29, 1.82) is 0 Å². The molecule has 0 radical (unpaired) electrons. The van der Waals surface area contributed by atoms with Crippen LogP contribution < -0.4 is 9.64 Å². The monoisotopic (exact) mass is 392 g/mol. The van der Waals surface area contributed by atoms with E-state index < -0.39 is 0 Å². The lowest BCUT2D eigenvalue weighted by Crippen LogP contribution is -2.46. The number of anilines is 1. The molecule has 5 nitrogen and oxygen atoms in total. The third-order valence-corrected chi connectivity index (χ3v) is 5.97. The summed E-state index contributed by atoms with van der Waals surface area (Å²) in [5.74, 6) is 1.08. The molecular formula is C24H28N2O3. The summed E-state index contributed by atoms with van der Waals surface area (Å²) in [6.07, 6.45) is 3.48. The number of carbonyl (C=O) groups excluding carboxylic acids is 2. The van der Waals surface area contributed by atoms with E-state index in [0.29, 0.717) is 24.0 Å². The summed E-state index contributed by atoms with van der Waals surface area (Å²) in [5.41, 5.74) is 1.98. The number of rotatable bonds is 6. The van der Waals surface area contributed by atoms with Gasteiger partial charge in [-0.25, -0.2) is 4.90 Å². The zero-order valence-electron chi connectivity index (χ0n) is 16.9. The normalized spacial score (nSPS) is 21.0. The Morgan fingerprint density at radius 3 is 2.48 bits per heavy atom. The highest BCUT2D eigenvalue weighted by atomic mass is 16.5. The molecule has 4 rings (SSSR count). The molecule has 2 heterocycles. The van der Waals surface area contributed by atoms with E-state index in [9.17, 15) is 9.59 Å². The van der Waals surface area contributed by atoms with Gasteiger partial charge in [0.25, 0.3) is 5.91 Å². The maximum Gasteiger partial charge on any atom is 0.251 e. The highest BCUT2D eigenvalue weighted by Crippen LogP contribution is 2.31. The summed E-state index contributed by atoms with van der Waals surface area (Å²) < 4.78 is 5.52. The van der Waals surface area contributed by atoms with Crippen LogP contribution >= 0.6 is 0 Å². The van der Waals surface area contributed by atoms with Gasteiger partial charge in [-0.05, 0) is 62.9 Å². The Bertz CT molecular complexity index is 859. The Hall–Kier alpha value is -2.66. The van der Waals surface area contributed by atoms with Crippen LogP contribution in [0.2, 0.25) is 0 Å². The molecule has 2 aromatic rings. The third kappa shape index (κ3) is 4.35. The molecule has 0 N–H and O–H groups in total. The van der Waals surface area contributed by atoms with Gasteiger partial charge < -0.3 is 4.74 Å². The van der Waals surface area contributed by atoms with E-state index in [4.69, 9.17) is 4.74 Å². The number of piperidine rings is 1. The Balaban J connectivity index is 1.39. The van der Waals surface area contributed by atoms with Crippen molar-refractivity contribution in [2.45, 2.75) is 38.6 Å². The molecule has 0 saturated carbocycles. The summed E-state index contributed by atoms with van der Waals surface area (Å²) in [6.45, 7) is 4.20. The smallest absolute Gasteiger partial charge is 0.251 e. The highest BCUT2D eigenvalue weighted by molar-refractivity contribution is 6.22. The standard InChI is InChI=1S/C24H28N2O3/c1-2-29-21-10-6-9-20(16-21)26-23(27)17-22(24(26)28)25-13-11-19(12-14-25)15-18-7-4-3-5-8-18/h3-10,16,19,22H,2,11-15,17H2,1H3. The van der Waals surface area contributed by atoms with Crippen LogP contribution in [0, 0.1) is 5.92 Å². The molecule has 152 valence electrons. The first kappa shape index (κ1) is 19.6. The zero-order chi connectivity index (χ0) is 20.2. The molecule has 2 aliphatic rings. The molecule has 0 aliphatic carbocycles. The maximum absolute atomic E-state index is 13.1. The molecule has 1 unspecified atom stereocenters. The predicted octanol–water partition coefficient (Wildman–Crippen LogP) is 3.67. The number of ether oxygens (including phenoxy) is 1. The van der Waals surface area contributed by atoms with Gasteiger partial charge in [-0.1, -0.05) is 36.4 Å². The van der Waals surface area contributed by atoms with Crippen molar-refractivity contribution in [2.75, 3.05) is 24.6 Å². The fourth-order valence-corrected chi connectivity index (χ4v) is 4.47. The lowest BCUT2D eigenvalue weighted by Gasteiger charge is -2.34. The summed E-state index contributed by atoms with van der Waals surface area (Å²) in [7, 11) is 0. The fourth-order valence-electron chi connectivity index (χ4n) is 4.47. The number of carbonyl (C=O) groups is 2. The summed E-state index contributed by atoms with van der Waals surface area (Å²) in [4.78, 5) is 29.3. The lowest BCUT2D eigenvalue weighted by atomic mass is 9.89. The molecule has 2 saturated heterocycles. The fraction of sp³-hybridized carbons (Fsp3) is 0.417. The van der Waals surface area contributed by atoms with Gasteiger partial charge >= 0.3 is 0 Å². The molecule has 2 aromatic carbocycles. The number of likely N-dealkylation sites (tertiary alicyclic amines) is 1. The zero-order valence-corrected chi connectivity index (χ0v) is 16.9. The van der Waals surface area contributed by atoms with Crippen LogP contribution in [0.25, 0.3) is 0 Å². The van der Waals surface area contributed by atoms with Gasteiger partial charge in [-0.3, -0.25) is 14.5 Å². The second-order valence-electron chi connectivity index (χ2n) is 7.89. The van der Waals surface area contributed by atoms with Gasteiger partial charge in [0, 0.05) is 6.07 Å². The first-order valence-corrected chi connectivity index (χ1v) is 10.5. The van der Waals surface area contributed by atoms with Crippen LogP contribution in [0.4, 0.5) is 5.69 Å². The molecule has 0 bridgehead atoms. The van der Waals surface area contributed by atoms with Crippen LogP contribution in [-0.4, -0.2) is 42.5 Å². The quantitative estimate of drug-likeness (QED) is 0.704. The molecule has 2 aliphatic heterocycles. The molecule has 0 aromatic heterocycles. The number of hydrogen-bond donors (Lipinski definition) is 0. The van der Waals surface area contributed by atoms with Gasteiger partial charge in [-0.2, -0.15) is 0 Å². The Kier molecular flexibility index (Phi) is 5.95. The average molecular weight is 392 g/mol. The Morgan fingerprint density at radius 1 is 1.00 bits per heavy atom. The van der Waals surface area contributed by atoms with E-state index in [1.165, 1.54) is 10.5 Å². The van der Waals surface area contributed by atoms with Gasteiger partial charge in [0.15, 0.2) is 0 Å². The first-order valence-electron chi connectivity index (χ1n) is 10.5. The number of hydrogen-bond acceptors (Lipinski definition) is 4. The molecule has 2 fully saturated rings. The van der Waals surface area contributed by atoms with Crippen molar-refractivity contribution in [3.8, 4) is 5.75 Å². The lowest BCUT2D eigenvalue weighted by molar-refractivity contribution is -0.123. The number of benzene rings is 2. The molecule has 29 heavy (non-hydrogen) atoms. The van der Waals surface area contributed by atoms with Crippen LogP contribution in [0.1, 0.15) is 31.7 Å². The third-order valence-electron chi connectivity index (χ3n) is 5.97. The predicted molar refractivity (Wildman–Crippen MR) is 113 cm³/mol. The summed E-state index contributed by atoms with van der Waals surface area (Å²) >= 11 is 0. The maximum atomic E-state index is 13.1. The second-order valence-corrected chi connectivity index (χ2v) is 7.89. The van der Waals surface area contributed by atoms with Gasteiger partial charge in [0.2, 0.25) is 5.91 Å². The Morgan fingerprint density at radius 2 is 1.76 bits per heavy atom. The van der Waals surface area contributed by atoms with Crippen molar-refractivity contribution in [3.05, 3.63) is 60.2 Å². The highest BCUT2D eigenvalue weighted by Gasteiger charge is 2.43. The van der Waals surface area contributed by atoms with Crippen LogP contribution in [0.3, 0.4) is 0 Å². The van der Waals surface area contributed by atoms with E-state index in [0.717, 1.165) is 32.4 Å². The van der Waals surface area contributed by atoms with Crippen molar-refractivity contribution in [2.24, 2.45) is 5.92 Å². The first-order chi connectivity index (χ1) is 14.2. The SMILES string of the molecule is CCOc1cccc(N2C(=O)CC(N3CCC(Cc4ccccc4)CC3)C2=O)c1. The molecule has 1 atom stereocenters. The Labute approximate surface area is 172 Å². The number of amides is 2. The minimum absolute atomic E-state index is 0.106. The largest absolute Gasteiger partial charge is 0.494 e. The van der Waals surface area contributed by atoms with E-state index in [1.54, 1.807) is 12.1 Å². The average Bonchev–Trinajstić information content (AvgIpc) is 3.04. The number of nitrogens with zero attached hydrogens (tertiary/aromatic N) is 2. The van der Waals surface area contributed by atoms with Crippen molar-refractivity contribution < 1.29 is 14.3 Å². The minimum Gasteiger partial charge on any atom is -0.494 e.